The van der Waals surface area contributed by atoms with Gasteiger partial charge in [-0.15, -0.1) is 0 Å². The van der Waals surface area contributed by atoms with Gasteiger partial charge in [0.05, 0.1) is 0 Å². The van der Waals surface area contributed by atoms with E-state index in [1.165, 1.54) is 138 Å². The monoisotopic (exact) mass is 964 g/mol. The Morgan fingerprint density at radius 3 is 1.03 bits per heavy atom. The zero-order valence-electron chi connectivity index (χ0n) is 41.2. The molecule has 14 aromatic rings. The molecule has 0 unspecified atom stereocenters. The van der Waals surface area contributed by atoms with Crippen molar-refractivity contribution in [1.82, 2.24) is 0 Å². The molecule has 2 aliphatic carbocycles. The number of hydrogen-bond acceptors (Lipinski definition) is 2. The molecule has 0 atom stereocenters. The first-order valence-corrected chi connectivity index (χ1v) is 26.1. The number of hydrogen-bond donors (Lipinski definition) is 1. The highest BCUT2D eigenvalue weighted by atomic mass is 16.5. The smallest absolute Gasteiger partial charge is 0.213 e. The minimum atomic E-state index is 0.367. The minimum absolute atomic E-state index is 0.367. The molecule has 0 aliphatic heterocycles. The number of hydrazine groups is 1. The highest BCUT2D eigenvalue weighted by Gasteiger charge is 2.36. The normalized spacial score (nSPS) is 12.4. The van der Waals surface area contributed by atoms with Gasteiger partial charge in [0.25, 0.3) is 0 Å². The number of fused-ring (bicyclic) bond motifs is 10. The molecule has 0 saturated carbocycles. The van der Waals surface area contributed by atoms with E-state index in [1.54, 1.807) is 0 Å². The third-order valence-corrected chi connectivity index (χ3v) is 16.5. The molecule has 2 N–H and O–H groups in total. The van der Waals surface area contributed by atoms with E-state index in [0.717, 1.165) is 38.9 Å². The van der Waals surface area contributed by atoms with Gasteiger partial charge in [0.1, 0.15) is 0 Å². The maximum absolute atomic E-state index is 12.0. The van der Waals surface area contributed by atoms with E-state index in [9.17, 15) is 5.21 Å². The zero-order chi connectivity index (χ0) is 50.2. The third-order valence-electron chi connectivity index (χ3n) is 16.5. The molecule has 0 spiro atoms. The van der Waals surface area contributed by atoms with E-state index in [4.69, 9.17) is 5.84 Å². The van der Waals surface area contributed by atoms with Crippen molar-refractivity contribution in [2.45, 2.75) is 0 Å². The first kappa shape index (κ1) is 42.4. The minimum Gasteiger partial charge on any atom is -0.597 e. The van der Waals surface area contributed by atoms with E-state index in [-0.39, 0.29) is 0 Å². The summed E-state index contributed by atoms with van der Waals surface area (Å²) in [6, 6.07) is 91.4. The molecule has 0 amide bonds. The van der Waals surface area contributed by atoms with Crippen molar-refractivity contribution >= 4 is 60.1 Å². The molecule has 14 aromatic carbocycles. The average molecular weight is 965 g/mol. The van der Waals surface area contributed by atoms with Crippen molar-refractivity contribution in [3.05, 3.63) is 259 Å². The molecule has 0 saturated heterocycles. The molecular formula is C73H44N2O. The summed E-state index contributed by atoms with van der Waals surface area (Å²) < 4.78 is 0. The van der Waals surface area contributed by atoms with Crippen LogP contribution in [0, 0.1) is 5.21 Å². The summed E-state index contributed by atoms with van der Waals surface area (Å²) >= 11 is 0. The van der Waals surface area contributed by atoms with Gasteiger partial charge in [-0.2, -0.15) is 5.84 Å². The Morgan fingerprint density at radius 2 is 0.566 bits per heavy atom. The molecule has 0 radical (unpaired) electrons. The number of nitrogens with two attached hydrogens (primary N) is 1. The second-order valence-corrected chi connectivity index (χ2v) is 20.4. The molecule has 16 rings (SSSR count). The van der Waals surface area contributed by atoms with Crippen molar-refractivity contribution in [1.29, 1.82) is 0 Å². The second-order valence-electron chi connectivity index (χ2n) is 20.4. The summed E-state index contributed by atoms with van der Waals surface area (Å²) in [5, 5.41) is 24.9. The Balaban J connectivity index is 1.01. The maximum Gasteiger partial charge on any atom is 0.213 e. The zero-order valence-corrected chi connectivity index (χ0v) is 41.2. The SMILES string of the molecule is N/[N+]([O-])=C\c1ccc(-c2c(-c3ccccc3)c(-c3ccccc3)c3c(c2-c2ccccc2)-c2ccc4c5ccc6c7c(ccc(c8ccc-3c2c84)c75)-c2ccc3c(-c4ccccc4)ccc(-c4ccccc4)c3c2-6)cc1. The molecule has 2 aliphatic rings. The Bertz CT molecular complexity index is 4730. The van der Waals surface area contributed by atoms with Crippen LogP contribution in [0.25, 0.3) is 165 Å². The summed E-state index contributed by atoms with van der Waals surface area (Å²) in [6.45, 7) is 0. The van der Waals surface area contributed by atoms with E-state index < -0.39 is 0 Å². The Hall–Kier alpha value is -10.1. The van der Waals surface area contributed by atoms with Crippen LogP contribution in [0.2, 0.25) is 0 Å². The Morgan fingerprint density at radius 1 is 0.237 bits per heavy atom. The van der Waals surface area contributed by atoms with E-state index in [1.807, 2.05) is 12.1 Å². The summed E-state index contributed by atoms with van der Waals surface area (Å²) in [5.41, 5.74) is 24.9. The summed E-state index contributed by atoms with van der Waals surface area (Å²) in [4.78, 5) is 0.367. The van der Waals surface area contributed by atoms with Crippen LogP contribution >= 0.6 is 0 Å². The Kier molecular flexibility index (Phi) is 9.04. The summed E-state index contributed by atoms with van der Waals surface area (Å²) in [6.07, 6.45) is 1.41. The summed E-state index contributed by atoms with van der Waals surface area (Å²) in [7, 11) is 0. The Labute approximate surface area is 439 Å². The van der Waals surface area contributed by atoms with Crippen LogP contribution < -0.4 is 5.84 Å². The van der Waals surface area contributed by atoms with Crippen molar-refractivity contribution < 1.29 is 4.85 Å². The first-order chi connectivity index (χ1) is 37.6. The van der Waals surface area contributed by atoms with Gasteiger partial charge in [0, 0.05) is 5.56 Å². The van der Waals surface area contributed by atoms with Gasteiger partial charge in [0.2, 0.25) is 6.21 Å². The van der Waals surface area contributed by atoms with Gasteiger partial charge in [-0.1, -0.05) is 241 Å². The van der Waals surface area contributed by atoms with Crippen LogP contribution in [0.1, 0.15) is 5.56 Å². The van der Waals surface area contributed by atoms with Gasteiger partial charge < -0.3 is 5.21 Å². The number of rotatable bonds is 7. The lowest BCUT2D eigenvalue weighted by Gasteiger charge is -2.26. The molecule has 3 nitrogen and oxygen atoms in total. The topological polar surface area (TPSA) is 52.1 Å². The van der Waals surface area contributed by atoms with Crippen LogP contribution in [-0.2, 0) is 0 Å². The fourth-order valence-corrected chi connectivity index (χ4v) is 13.6. The van der Waals surface area contributed by atoms with Gasteiger partial charge in [-0.25, -0.2) is 0 Å². The van der Waals surface area contributed by atoms with Crippen LogP contribution in [0.15, 0.2) is 249 Å². The lowest BCUT2D eigenvalue weighted by molar-refractivity contribution is -0.463. The van der Waals surface area contributed by atoms with Crippen LogP contribution in [-0.4, -0.2) is 11.1 Å². The van der Waals surface area contributed by atoms with E-state index >= 15 is 0 Å². The second kappa shape index (κ2) is 16.2. The molecule has 0 heterocycles. The van der Waals surface area contributed by atoms with Crippen LogP contribution in [0.5, 0.6) is 0 Å². The van der Waals surface area contributed by atoms with E-state index in [2.05, 4.69) is 237 Å². The van der Waals surface area contributed by atoms with Crippen molar-refractivity contribution in [3.8, 4) is 111 Å². The van der Waals surface area contributed by atoms with Crippen LogP contribution in [0.3, 0.4) is 0 Å². The molecule has 0 bridgehead atoms. The molecule has 76 heavy (non-hydrogen) atoms. The summed E-state index contributed by atoms with van der Waals surface area (Å²) in [5.74, 6) is 5.60. The third kappa shape index (κ3) is 5.97. The number of benzene rings is 14. The van der Waals surface area contributed by atoms with Gasteiger partial charge in [-0.3, -0.25) is 0 Å². The van der Waals surface area contributed by atoms with Gasteiger partial charge in [-0.05, 0) is 177 Å². The fourth-order valence-electron chi connectivity index (χ4n) is 13.6. The van der Waals surface area contributed by atoms with E-state index in [0.29, 0.717) is 4.85 Å². The van der Waals surface area contributed by atoms with Gasteiger partial charge in [0.15, 0.2) is 0 Å². The van der Waals surface area contributed by atoms with Gasteiger partial charge >= 0.3 is 0 Å². The average Bonchev–Trinajstić information content (AvgIpc) is 4.22. The van der Waals surface area contributed by atoms with Crippen molar-refractivity contribution in [3.63, 3.8) is 0 Å². The highest BCUT2D eigenvalue weighted by Crippen LogP contribution is 2.63. The van der Waals surface area contributed by atoms with Crippen molar-refractivity contribution in [2.75, 3.05) is 0 Å². The quantitative estimate of drug-likeness (QED) is 0.0329. The molecule has 0 fully saturated rings. The number of hydrazone groups is 1. The fraction of sp³-hybridized carbons (Fsp3) is 0. The molecular weight excluding hydrogens is 921 g/mol. The van der Waals surface area contributed by atoms with Crippen molar-refractivity contribution in [2.24, 2.45) is 5.84 Å². The molecule has 0 aromatic heterocycles. The largest absolute Gasteiger partial charge is 0.597 e. The first-order valence-electron chi connectivity index (χ1n) is 26.1. The number of nitrogens with zero attached hydrogens (tertiary/aromatic N) is 1. The highest BCUT2D eigenvalue weighted by molar-refractivity contribution is 6.42. The molecule has 3 heteroatoms. The maximum atomic E-state index is 12.0. The predicted molar refractivity (Wildman–Crippen MR) is 320 cm³/mol. The van der Waals surface area contributed by atoms with Crippen LogP contribution in [0.4, 0.5) is 0 Å². The molecule has 352 valence electrons. The lowest BCUT2D eigenvalue weighted by atomic mass is 9.76. The predicted octanol–water partition coefficient (Wildman–Crippen LogP) is 19.0. The standard InChI is InChI=1S/C73H44N2O/c74-75(76)42-43-26-28-49(29-27-43)63-62(46-20-10-3-11-21-46)64(47-22-12-4-13-23-47)72-60-40-37-55-53-34-35-58-57-33-32-52-50(44-16-6-1-7-17-44)30-31-51(45-18-8-2-9-19-45)66(52)69(57)59-39-36-54(67(53)70(58)59)56-38-41-61(71(60)68(55)56)73(72)65(63)48-24-14-5-15-25-48/h1-42H,74H2/b75-42+. The lowest BCUT2D eigenvalue weighted by Crippen LogP contribution is -2.12.